The van der Waals surface area contributed by atoms with Crippen molar-refractivity contribution in [2.24, 2.45) is 4.99 Å². The molecular weight excluding hydrogens is 206 g/mol. The first-order chi connectivity index (χ1) is 7.27. The Labute approximate surface area is 92.6 Å². The van der Waals surface area contributed by atoms with Gasteiger partial charge in [0, 0.05) is 11.9 Å². The van der Waals surface area contributed by atoms with Crippen LogP contribution in [-0.2, 0) is 0 Å². The van der Waals surface area contributed by atoms with Gasteiger partial charge in [0.15, 0.2) is 0 Å². The van der Waals surface area contributed by atoms with Crippen LogP contribution >= 0.6 is 11.3 Å². The van der Waals surface area contributed by atoms with E-state index in [1.165, 1.54) is 0 Å². The van der Waals surface area contributed by atoms with Crippen molar-refractivity contribution in [1.82, 2.24) is 10.3 Å². The maximum Gasteiger partial charge on any atom is 0.0922 e. The highest BCUT2D eigenvalue weighted by molar-refractivity contribution is 7.10. The van der Waals surface area contributed by atoms with Crippen molar-refractivity contribution in [1.29, 1.82) is 0 Å². The lowest BCUT2D eigenvalue weighted by Crippen LogP contribution is -2.10. The molecule has 0 saturated carbocycles. The van der Waals surface area contributed by atoms with Crippen LogP contribution in [-0.4, -0.2) is 11.3 Å². The molecule has 1 aromatic heterocycles. The molecule has 0 amide bonds. The Bertz CT molecular complexity index is 466. The van der Waals surface area contributed by atoms with Gasteiger partial charge in [-0.1, -0.05) is 6.58 Å². The monoisotopic (exact) mass is 217 g/mol. The number of aliphatic imine (C=N–C) groups is 1. The normalized spacial score (nSPS) is 21.1. The van der Waals surface area contributed by atoms with Gasteiger partial charge in [-0.05, 0) is 24.6 Å². The summed E-state index contributed by atoms with van der Waals surface area (Å²) in [6.45, 7) is 5.93. The lowest BCUT2D eigenvalue weighted by atomic mass is 10.2. The van der Waals surface area contributed by atoms with Crippen LogP contribution in [0.1, 0.15) is 17.5 Å². The van der Waals surface area contributed by atoms with Crippen LogP contribution in [0, 0.1) is 0 Å². The summed E-state index contributed by atoms with van der Waals surface area (Å²) in [7, 11) is 0. The molecule has 2 rings (SSSR count). The van der Waals surface area contributed by atoms with Gasteiger partial charge in [-0.25, -0.2) is 9.98 Å². The molecular formula is C11H11N3S. The van der Waals surface area contributed by atoms with Gasteiger partial charge in [-0.2, -0.15) is 0 Å². The molecule has 4 heteroatoms. The number of hydrogen-bond donors (Lipinski definition) is 1. The van der Waals surface area contributed by atoms with E-state index in [0.29, 0.717) is 0 Å². The van der Waals surface area contributed by atoms with E-state index < -0.39 is 0 Å². The van der Waals surface area contributed by atoms with E-state index in [2.05, 4.69) is 27.9 Å². The molecule has 0 unspecified atom stereocenters. The SMILES string of the molecule is C=C1NC=N/C=C/c2ncsc2/C=C/1C. The van der Waals surface area contributed by atoms with Gasteiger partial charge in [0.1, 0.15) is 0 Å². The van der Waals surface area contributed by atoms with Gasteiger partial charge >= 0.3 is 0 Å². The molecule has 76 valence electrons. The first-order valence-electron chi connectivity index (χ1n) is 4.53. The summed E-state index contributed by atoms with van der Waals surface area (Å²) in [5.41, 5.74) is 4.72. The van der Waals surface area contributed by atoms with E-state index in [-0.39, 0.29) is 0 Å². The predicted octanol–water partition coefficient (Wildman–Crippen LogP) is 2.66. The van der Waals surface area contributed by atoms with Gasteiger partial charge in [0.25, 0.3) is 0 Å². The molecule has 2 heterocycles. The zero-order valence-corrected chi connectivity index (χ0v) is 9.21. The highest BCUT2D eigenvalue weighted by Gasteiger charge is 2.03. The lowest BCUT2D eigenvalue weighted by molar-refractivity contribution is 1.16. The Morgan fingerprint density at radius 2 is 2.33 bits per heavy atom. The Balaban J connectivity index is 2.48. The molecule has 0 radical (unpaired) electrons. The second kappa shape index (κ2) is 4.23. The largest absolute Gasteiger partial charge is 0.347 e. The third kappa shape index (κ3) is 2.22. The van der Waals surface area contributed by atoms with E-state index in [4.69, 9.17) is 0 Å². The zero-order valence-electron chi connectivity index (χ0n) is 8.40. The Hall–Kier alpha value is -1.68. The van der Waals surface area contributed by atoms with Crippen molar-refractivity contribution >= 4 is 29.8 Å². The molecule has 1 aromatic rings. The van der Waals surface area contributed by atoms with Crippen LogP contribution in [0.2, 0.25) is 0 Å². The van der Waals surface area contributed by atoms with Crippen molar-refractivity contribution in [3.8, 4) is 0 Å². The standard InChI is InChI=1S/C11H11N3S/c1-8-5-11-10(14-7-15-11)3-4-12-6-13-9(8)2/h3-7H,2H2,1H3,(H,12,13)/b4-3+,8-5+. The summed E-state index contributed by atoms with van der Waals surface area (Å²) < 4.78 is 0. The smallest absolute Gasteiger partial charge is 0.0922 e. The molecule has 0 bridgehead atoms. The minimum Gasteiger partial charge on any atom is -0.347 e. The van der Waals surface area contributed by atoms with Crippen LogP contribution < -0.4 is 5.32 Å². The molecule has 0 aliphatic carbocycles. The number of allylic oxidation sites excluding steroid dienone is 1. The Kier molecular flexibility index (Phi) is 2.78. The molecule has 1 aliphatic rings. The van der Waals surface area contributed by atoms with Crippen LogP contribution in [0.15, 0.2) is 34.6 Å². The average Bonchev–Trinajstić information content (AvgIpc) is 2.64. The zero-order chi connectivity index (χ0) is 10.7. The molecule has 0 fully saturated rings. The molecule has 0 atom stereocenters. The van der Waals surface area contributed by atoms with Crippen molar-refractivity contribution in [2.75, 3.05) is 0 Å². The molecule has 15 heavy (non-hydrogen) atoms. The molecule has 3 nitrogen and oxygen atoms in total. The van der Waals surface area contributed by atoms with Crippen molar-refractivity contribution < 1.29 is 0 Å². The number of nitrogens with zero attached hydrogens (tertiary/aromatic N) is 2. The van der Waals surface area contributed by atoms with Crippen LogP contribution in [0.4, 0.5) is 0 Å². The van der Waals surface area contributed by atoms with Gasteiger partial charge in [-0.15, -0.1) is 11.3 Å². The fraction of sp³-hybridized carbons (Fsp3) is 0.0909. The quantitative estimate of drug-likeness (QED) is 0.725. The van der Waals surface area contributed by atoms with E-state index in [9.17, 15) is 0 Å². The maximum atomic E-state index is 4.25. The molecule has 1 N–H and O–H groups in total. The Morgan fingerprint density at radius 3 is 3.20 bits per heavy atom. The summed E-state index contributed by atoms with van der Waals surface area (Å²) >= 11 is 1.61. The van der Waals surface area contributed by atoms with E-state index in [1.54, 1.807) is 23.9 Å². The third-order valence-electron chi connectivity index (χ3n) is 2.08. The fourth-order valence-electron chi connectivity index (χ4n) is 1.17. The fourth-order valence-corrected chi connectivity index (χ4v) is 1.93. The molecule has 0 aromatic carbocycles. The second-order valence-corrected chi connectivity index (χ2v) is 4.03. The summed E-state index contributed by atoms with van der Waals surface area (Å²) in [4.78, 5) is 9.44. The summed E-state index contributed by atoms with van der Waals surface area (Å²) in [6.07, 6.45) is 7.30. The average molecular weight is 217 g/mol. The topological polar surface area (TPSA) is 37.3 Å². The van der Waals surface area contributed by atoms with Crippen LogP contribution in [0.5, 0.6) is 0 Å². The maximum absolute atomic E-state index is 4.25. The highest BCUT2D eigenvalue weighted by atomic mass is 32.1. The number of thiazole rings is 1. The number of rotatable bonds is 0. The van der Waals surface area contributed by atoms with Crippen LogP contribution in [0.3, 0.4) is 0 Å². The number of nitrogens with one attached hydrogen (secondary N) is 1. The Morgan fingerprint density at radius 1 is 1.47 bits per heavy atom. The summed E-state index contributed by atoms with van der Waals surface area (Å²) in [5.74, 6) is 0. The lowest BCUT2D eigenvalue weighted by Gasteiger charge is -2.05. The summed E-state index contributed by atoms with van der Waals surface area (Å²) in [6, 6.07) is 0. The molecule has 1 aliphatic heterocycles. The minimum absolute atomic E-state index is 0.855. The van der Waals surface area contributed by atoms with Gasteiger partial charge < -0.3 is 5.32 Å². The second-order valence-electron chi connectivity index (χ2n) is 3.15. The first kappa shape index (κ1) is 9.86. The van der Waals surface area contributed by atoms with Gasteiger partial charge in [-0.3, -0.25) is 0 Å². The van der Waals surface area contributed by atoms with Gasteiger partial charge in [0.05, 0.1) is 22.4 Å². The van der Waals surface area contributed by atoms with Gasteiger partial charge in [0.2, 0.25) is 0 Å². The van der Waals surface area contributed by atoms with E-state index >= 15 is 0 Å². The van der Waals surface area contributed by atoms with E-state index in [1.807, 2.05) is 18.5 Å². The minimum atomic E-state index is 0.855. The summed E-state index contributed by atoms with van der Waals surface area (Å²) in [5, 5.41) is 3.00. The predicted molar refractivity (Wildman–Crippen MR) is 65.6 cm³/mol. The molecule has 0 spiro atoms. The third-order valence-corrected chi connectivity index (χ3v) is 2.87. The van der Waals surface area contributed by atoms with Crippen LogP contribution in [0.25, 0.3) is 12.2 Å². The van der Waals surface area contributed by atoms with Crippen molar-refractivity contribution in [3.63, 3.8) is 0 Å². The van der Waals surface area contributed by atoms with Crippen molar-refractivity contribution in [3.05, 3.63) is 40.1 Å². The number of hydrogen-bond acceptors (Lipinski definition) is 4. The van der Waals surface area contributed by atoms with E-state index in [0.717, 1.165) is 21.8 Å². The van der Waals surface area contributed by atoms with Crippen molar-refractivity contribution in [2.45, 2.75) is 6.92 Å². The number of fused-ring (bicyclic) bond motifs is 1. The number of aromatic nitrogens is 1. The highest BCUT2D eigenvalue weighted by Crippen LogP contribution is 2.20. The first-order valence-corrected chi connectivity index (χ1v) is 5.41. The molecule has 0 saturated heterocycles.